The van der Waals surface area contributed by atoms with E-state index in [0.717, 1.165) is 27.1 Å². The molecule has 0 amide bonds. The summed E-state index contributed by atoms with van der Waals surface area (Å²) < 4.78 is 8.69. The molecule has 20 heavy (non-hydrogen) atoms. The van der Waals surface area contributed by atoms with Crippen molar-refractivity contribution in [3.63, 3.8) is 0 Å². The van der Waals surface area contributed by atoms with E-state index in [1.807, 2.05) is 19.1 Å². The second-order valence-electron chi connectivity index (χ2n) is 4.55. The Kier molecular flexibility index (Phi) is 3.81. The van der Waals surface area contributed by atoms with Gasteiger partial charge in [0.05, 0.1) is 17.2 Å². The zero-order valence-corrected chi connectivity index (χ0v) is 13.3. The molecule has 0 aliphatic rings. The van der Waals surface area contributed by atoms with Gasteiger partial charge in [-0.2, -0.15) is 0 Å². The zero-order chi connectivity index (χ0) is 14.1. The third-order valence-electron chi connectivity index (χ3n) is 3.07. The average Bonchev–Trinajstić information content (AvgIpc) is 2.96. The Balaban J connectivity index is 2.09. The molecule has 0 unspecified atom stereocenters. The van der Waals surface area contributed by atoms with Crippen LogP contribution < -0.4 is 0 Å². The number of fused-ring (bicyclic) bond motifs is 1. The van der Waals surface area contributed by atoms with Gasteiger partial charge in [-0.25, -0.2) is 9.97 Å². The minimum atomic E-state index is 0.537. The van der Waals surface area contributed by atoms with E-state index in [-0.39, 0.29) is 0 Å². The van der Waals surface area contributed by atoms with E-state index < -0.39 is 0 Å². The number of aryl methyl sites for hydroxylation is 2. The van der Waals surface area contributed by atoms with Gasteiger partial charge in [0.25, 0.3) is 0 Å². The molecule has 1 aromatic carbocycles. The van der Waals surface area contributed by atoms with Crippen molar-refractivity contribution in [2.24, 2.45) is 0 Å². The van der Waals surface area contributed by atoms with Crippen LogP contribution in [0.3, 0.4) is 0 Å². The average molecular weight is 355 g/mol. The Morgan fingerprint density at radius 1 is 1.40 bits per heavy atom. The predicted octanol–water partition coefficient (Wildman–Crippen LogP) is 3.92. The van der Waals surface area contributed by atoms with Crippen molar-refractivity contribution >= 4 is 38.6 Å². The summed E-state index contributed by atoms with van der Waals surface area (Å²) in [7, 11) is 0. The van der Waals surface area contributed by atoms with Crippen LogP contribution in [-0.2, 0) is 13.0 Å². The minimum absolute atomic E-state index is 0.537. The first kappa shape index (κ1) is 13.6. The molecule has 6 heteroatoms. The van der Waals surface area contributed by atoms with Gasteiger partial charge in [0, 0.05) is 16.8 Å². The number of alkyl halides is 1. The molecular formula is C14H13BrClN3O. The van der Waals surface area contributed by atoms with E-state index in [2.05, 4.69) is 36.5 Å². The van der Waals surface area contributed by atoms with Crippen LogP contribution in [0.25, 0.3) is 11.0 Å². The Morgan fingerprint density at radius 3 is 2.95 bits per heavy atom. The van der Waals surface area contributed by atoms with Crippen molar-refractivity contribution in [1.29, 1.82) is 0 Å². The lowest BCUT2D eigenvalue weighted by atomic mass is 10.3. The third kappa shape index (κ3) is 2.60. The van der Waals surface area contributed by atoms with Gasteiger partial charge in [-0.3, -0.25) is 0 Å². The Hall–Kier alpha value is -1.33. The Bertz CT molecular complexity index is 750. The van der Waals surface area contributed by atoms with Gasteiger partial charge in [0.15, 0.2) is 0 Å². The van der Waals surface area contributed by atoms with Gasteiger partial charge in [-0.15, -0.1) is 11.6 Å². The first-order valence-corrected chi connectivity index (χ1v) is 7.62. The summed E-state index contributed by atoms with van der Waals surface area (Å²) in [5.41, 5.74) is 2.01. The number of rotatable bonds is 4. The lowest BCUT2D eigenvalue weighted by molar-refractivity contribution is 0.456. The molecule has 0 aliphatic carbocycles. The van der Waals surface area contributed by atoms with E-state index >= 15 is 0 Å². The minimum Gasteiger partial charge on any atom is -0.444 e. The number of hydrogen-bond donors (Lipinski definition) is 0. The highest BCUT2D eigenvalue weighted by atomic mass is 79.9. The largest absolute Gasteiger partial charge is 0.444 e. The van der Waals surface area contributed by atoms with Crippen molar-refractivity contribution in [2.45, 2.75) is 19.9 Å². The maximum atomic E-state index is 5.87. The summed E-state index contributed by atoms with van der Waals surface area (Å²) in [6, 6.07) is 6.03. The molecule has 0 atom stereocenters. The van der Waals surface area contributed by atoms with Gasteiger partial charge >= 0.3 is 0 Å². The number of nitrogens with zero attached hydrogens (tertiary/aromatic N) is 3. The molecule has 3 rings (SSSR count). The van der Waals surface area contributed by atoms with E-state index in [4.69, 9.17) is 16.0 Å². The Morgan fingerprint density at radius 2 is 2.25 bits per heavy atom. The smallest absolute Gasteiger partial charge is 0.214 e. The first-order chi connectivity index (χ1) is 9.67. The number of aromatic nitrogens is 3. The third-order valence-corrected chi connectivity index (χ3v) is 3.75. The fraction of sp³-hybridized carbons (Fsp3) is 0.286. The van der Waals surface area contributed by atoms with E-state index in [0.29, 0.717) is 24.7 Å². The molecule has 0 radical (unpaired) electrons. The molecule has 0 bridgehead atoms. The summed E-state index contributed by atoms with van der Waals surface area (Å²) in [4.78, 5) is 8.90. The van der Waals surface area contributed by atoms with Gasteiger partial charge in [0.2, 0.25) is 5.89 Å². The zero-order valence-electron chi connectivity index (χ0n) is 10.9. The monoisotopic (exact) mass is 353 g/mol. The van der Waals surface area contributed by atoms with Crippen molar-refractivity contribution < 1.29 is 4.42 Å². The van der Waals surface area contributed by atoms with E-state index in [1.54, 1.807) is 6.20 Å². The topological polar surface area (TPSA) is 43.9 Å². The molecule has 0 spiro atoms. The SMILES string of the molecule is Cc1cnc(Cn2c(CCCl)nc3ccc(Br)cc32)o1. The molecule has 104 valence electrons. The summed E-state index contributed by atoms with van der Waals surface area (Å²) in [6.45, 7) is 2.45. The molecule has 2 aromatic heterocycles. The summed E-state index contributed by atoms with van der Waals surface area (Å²) in [6.07, 6.45) is 2.44. The highest BCUT2D eigenvalue weighted by Crippen LogP contribution is 2.22. The normalized spacial score (nSPS) is 11.3. The van der Waals surface area contributed by atoms with Crippen LogP contribution in [0.1, 0.15) is 17.5 Å². The van der Waals surface area contributed by atoms with Gasteiger partial charge in [0.1, 0.15) is 18.1 Å². The van der Waals surface area contributed by atoms with Crippen LogP contribution >= 0.6 is 27.5 Å². The molecule has 4 nitrogen and oxygen atoms in total. The maximum absolute atomic E-state index is 5.87. The number of benzene rings is 1. The number of imidazole rings is 1. The standard InChI is InChI=1S/C14H13BrClN3O/c1-9-7-17-14(20-9)8-19-12-6-10(15)2-3-11(12)18-13(19)4-5-16/h2-3,6-7H,4-5,8H2,1H3. The molecule has 0 N–H and O–H groups in total. The van der Waals surface area contributed by atoms with Crippen LogP contribution in [0, 0.1) is 6.92 Å². The van der Waals surface area contributed by atoms with Crippen molar-refractivity contribution in [1.82, 2.24) is 14.5 Å². The Labute approximate surface area is 129 Å². The maximum Gasteiger partial charge on any atom is 0.214 e. The molecule has 0 fully saturated rings. The number of oxazole rings is 1. The summed E-state index contributed by atoms with van der Waals surface area (Å²) in [5, 5.41) is 0. The molecule has 3 aromatic rings. The second kappa shape index (κ2) is 5.58. The molecule has 0 saturated carbocycles. The first-order valence-electron chi connectivity index (χ1n) is 6.29. The molecule has 2 heterocycles. The van der Waals surface area contributed by atoms with Crippen molar-refractivity contribution in [3.8, 4) is 0 Å². The number of halogens is 2. The van der Waals surface area contributed by atoms with Crippen LogP contribution in [0.2, 0.25) is 0 Å². The van der Waals surface area contributed by atoms with Crippen molar-refractivity contribution in [3.05, 3.63) is 46.3 Å². The lowest BCUT2D eigenvalue weighted by Gasteiger charge is -2.06. The molecule has 0 saturated heterocycles. The fourth-order valence-electron chi connectivity index (χ4n) is 2.21. The van der Waals surface area contributed by atoms with Gasteiger partial charge in [-0.05, 0) is 25.1 Å². The van der Waals surface area contributed by atoms with Crippen molar-refractivity contribution in [2.75, 3.05) is 5.88 Å². The van der Waals surface area contributed by atoms with Crippen LogP contribution in [0.4, 0.5) is 0 Å². The van der Waals surface area contributed by atoms with Crippen LogP contribution in [-0.4, -0.2) is 20.4 Å². The fourth-order valence-corrected chi connectivity index (χ4v) is 2.73. The predicted molar refractivity (Wildman–Crippen MR) is 82.2 cm³/mol. The summed E-state index contributed by atoms with van der Waals surface area (Å²) >= 11 is 9.37. The lowest BCUT2D eigenvalue weighted by Crippen LogP contribution is -2.06. The van der Waals surface area contributed by atoms with E-state index in [9.17, 15) is 0 Å². The highest BCUT2D eigenvalue weighted by Gasteiger charge is 2.13. The van der Waals surface area contributed by atoms with Crippen LogP contribution in [0.15, 0.2) is 33.3 Å². The molecular weight excluding hydrogens is 342 g/mol. The van der Waals surface area contributed by atoms with Gasteiger partial charge in [-0.1, -0.05) is 15.9 Å². The highest BCUT2D eigenvalue weighted by molar-refractivity contribution is 9.10. The van der Waals surface area contributed by atoms with Crippen LogP contribution in [0.5, 0.6) is 0 Å². The number of hydrogen-bond acceptors (Lipinski definition) is 3. The van der Waals surface area contributed by atoms with Gasteiger partial charge < -0.3 is 8.98 Å². The summed E-state index contributed by atoms with van der Waals surface area (Å²) in [5.74, 6) is 2.97. The molecule has 0 aliphatic heterocycles. The quantitative estimate of drug-likeness (QED) is 0.667. The second-order valence-corrected chi connectivity index (χ2v) is 5.84. The van der Waals surface area contributed by atoms with E-state index in [1.165, 1.54) is 0 Å².